The molecule has 0 aromatic heterocycles. The fourth-order valence-corrected chi connectivity index (χ4v) is 6.24. The Labute approximate surface area is 144 Å². The molecule has 3 unspecified atom stereocenters. The van der Waals surface area contributed by atoms with E-state index in [0.717, 1.165) is 24.7 Å². The van der Waals surface area contributed by atoms with Crippen molar-refractivity contribution in [2.45, 2.75) is 50.0 Å². The minimum Gasteiger partial charge on any atom is -0.455 e. The molecule has 4 saturated carbocycles. The van der Waals surface area contributed by atoms with Crippen LogP contribution >= 0.6 is 0 Å². The van der Waals surface area contributed by atoms with Crippen molar-refractivity contribution in [2.75, 3.05) is 0 Å². The molecule has 1 aromatic rings. The van der Waals surface area contributed by atoms with Crippen molar-refractivity contribution >= 4 is 12.0 Å². The summed E-state index contributed by atoms with van der Waals surface area (Å²) in [4.78, 5) is 12.2. The molecule has 5 rings (SSSR count). The van der Waals surface area contributed by atoms with Gasteiger partial charge >= 0.3 is 5.97 Å². The van der Waals surface area contributed by atoms with Crippen LogP contribution in [0.4, 0.5) is 0 Å². The minimum atomic E-state index is -0.454. The van der Waals surface area contributed by atoms with Crippen molar-refractivity contribution in [3.05, 3.63) is 54.6 Å². The predicted molar refractivity (Wildman–Crippen MR) is 96.5 cm³/mol. The largest absolute Gasteiger partial charge is 0.455 e. The van der Waals surface area contributed by atoms with Crippen LogP contribution in [0.1, 0.15) is 50.2 Å². The Morgan fingerprint density at radius 2 is 1.83 bits per heavy atom. The van der Waals surface area contributed by atoms with E-state index in [9.17, 15) is 4.79 Å². The van der Waals surface area contributed by atoms with Crippen molar-refractivity contribution < 1.29 is 9.53 Å². The number of ether oxygens (including phenoxy) is 1. The number of hydrogen-bond donors (Lipinski definition) is 0. The molecule has 4 fully saturated rings. The van der Waals surface area contributed by atoms with E-state index in [1.165, 1.54) is 36.5 Å². The summed E-state index contributed by atoms with van der Waals surface area (Å²) in [7, 11) is 0. The summed E-state index contributed by atoms with van der Waals surface area (Å²) in [6.45, 7) is 9.81. The van der Waals surface area contributed by atoms with Crippen LogP contribution in [0.15, 0.2) is 43.5 Å². The van der Waals surface area contributed by atoms with Gasteiger partial charge < -0.3 is 4.74 Å². The third-order valence-electron chi connectivity index (χ3n) is 7.08. The topological polar surface area (TPSA) is 26.3 Å². The van der Waals surface area contributed by atoms with Crippen molar-refractivity contribution in [2.24, 2.45) is 17.8 Å². The van der Waals surface area contributed by atoms with Crippen molar-refractivity contribution in [3.63, 3.8) is 0 Å². The van der Waals surface area contributed by atoms with Gasteiger partial charge in [-0.2, -0.15) is 0 Å². The molecule has 2 heteroatoms. The lowest BCUT2D eigenvalue weighted by atomic mass is 9.41. The quantitative estimate of drug-likeness (QED) is 0.582. The Balaban J connectivity index is 1.89. The summed E-state index contributed by atoms with van der Waals surface area (Å²) in [6, 6.07) is 8.53. The number of hydrogen-bond acceptors (Lipinski definition) is 2. The van der Waals surface area contributed by atoms with Crippen LogP contribution in [0.2, 0.25) is 0 Å². The standard InChI is InChI=1S/C22H26O2/c1-4-17-8-6-7-9-19(17)22-13-15-10-16(14-22)12-18(11-15)21(22,3)24-20(23)5-2/h4-9,15-16,18H,1-2,10-14H2,3H3. The summed E-state index contributed by atoms with van der Waals surface area (Å²) >= 11 is 0. The monoisotopic (exact) mass is 322 g/mol. The molecule has 4 aliphatic carbocycles. The molecule has 0 saturated heterocycles. The second-order valence-corrected chi connectivity index (χ2v) is 8.15. The highest BCUT2D eigenvalue weighted by Gasteiger charge is 2.66. The van der Waals surface area contributed by atoms with E-state index >= 15 is 0 Å². The summed E-state index contributed by atoms with van der Waals surface area (Å²) in [6.07, 6.45) is 9.22. The first kappa shape index (κ1) is 15.7. The van der Waals surface area contributed by atoms with Gasteiger partial charge in [0.15, 0.2) is 0 Å². The highest BCUT2D eigenvalue weighted by atomic mass is 16.6. The van der Waals surface area contributed by atoms with Crippen molar-refractivity contribution in [1.82, 2.24) is 0 Å². The van der Waals surface area contributed by atoms with Gasteiger partial charge in [0.25, 0.3) is 0 Å². The zero-order valence-electron chi connectivity index (χ0n) is 14.5. The smallest absolute Gasteiger partial charge is 0.330 e. The summed E-state index contributed by atoms with van der Waals surface area (Å²) in [5.74, 6) is 1.68. The van der Waals surface area contributed by atoms with E-state index in [4.69, 9.17) is 4.74 Å². The molecule has 4 aliphatic rings. The molecule has 126 valence electrons. The SMILES string of the molecule is C=CC(=O)OC1(C)C2CC3CC(C2)CC1(c1ccccc1C=C)C3. The molecule has 2 nitrogen and oxygen atoms in total. The summed E-state index contributed by atoms with van der Waals surface area (Å²) in [5, 5.41) is 0. The molecule has 0 heterocycles. The fraction of sp³-hybridized carbons (Fsp3) is 0.500. The highest BCUT2D eigenvalue weighted by Crippen LogP contribution is 2.66. The van der Waals surface area contributed by atoms with Gasteiger partial charge in [-0.05, 0) is 67.9 Å². The molecule has 1 aromatic carbocycles. The Morgan fingerprint density at radius 1 is 1.17 bits per heavy atom. The number of esters is 1. The van der Waals surface area contributed by atoms with Crippen LogP contribution in [-0.4, -0.2) is 11.6 Å². The van der Waals surface area contributed by atoms with Crippen molar-refractivity contribution in [3.8, 4) is 0 Å². The van der Waals surface area contributed by atoms with Crippen molar-refractivity contribution in [1.29, 1.82) is 0 Å². The summed E-state index contributed by atoms with van der Waals surface area (Å²) in [5.41, 5.74) is 1.95. The minimum absolute atomic E-state index is 0.0921. The first-order valence-electron chi connectivity index (χ1n) is 9.10. The van der Waals surface area contributed by atoms with Crippen LogP contribution in [-0.2, 0) is 14.9 Å². The third-order valence-corrected chi connectivity index (χ3v) is 7.08. The first-order valence-corrected chi connectivity index (χ1v) is 9.10. The average Bonchev–Trinajstić information content (AvgIpc) is 2.59. The molecule has 0 radical (unpaired) electrons. The van der Waals surface area contributed by atoms with Gasteiger partial charge in [0.2, 0.25) is 0 Å². The van der Waals surface area contributed by atoms with Crippen LogP contribution in [0, 0.1) is 17.8 Å². The van der Waals surface area contributed by atoms with Gasteiger partial charge in [0.1, 0.15) is 5.60 Å². The second-order valence-electron chi connectivity index (χ2n) is 8.15. The number of carbonyl (C=O) groups excluding carboxylic acids is 1. The number of carbonyl (C=O) groups is 1. The Kier molecular flexibility index (Phi) is 3.49. The summed E-state index contributed by atoms with van der Waals surface area (Å²) < 4.78 is 6.13. The molecular weight excluding hydrogens is 296 g/mol. The first-order chi connectivity index (χ1) is 11.5. The third kappa shape index (κ3) is 1.98. The van der Waals surface area contributed by atoms with Crippen LogP contribution in [0.5, 0.6) is 0 Å². The maximum absolute atomic E-state index is 12.2. The molecular formula is C22H26O2. The molecule has 0 spiro atoms. The maximum Gasteiger partial charge on any atom is 0.330 e. The van der Waals surface area contributed by atoms with Crippen LogP contribution in [0.25, 0.3) is 6.08 Å². The molecule has 3 atom stereocenters. The van der Waals surface area contributed by atoms with E-state index in [2.05, 4.69) is 44.3 Å². The van der Waals surface area contributed by atoms with Gasteiger partial charge in [-0.3, -0.25) is 0 Å². The van der Waals surface area contributed by atoms with E-state index in [1.54, 1.807) is 0 Å². The lowest BCUT2D eigenvalue weighted by Crippen LogP contribution is -2.67. The lowest BCUT2D eigenvalue weighted by molar-refractivity contribution is -0.210. The van der Waals surface area contributed by atoms with Gasteiger partial charge in [0.05, 0.1) is 0 Å². The Hall–Kier alpha value is -1.83. The highest BCUT2D eigenvalue weighted by molar-refractivity contribution is 5.82. The van der Waals surface area contributed by atoms with E-state index in [-0.39, 0.29) is 11.4 Å². The molecule has 24 heavy (non-hydrogen) atoms. The van der Waals surface area contributed by atoms with Gasteiger partial charge in [-0.15, -0.1) is 0 Å². The molecule has 0 aliphatic heterocycles. The normalized spacial score (nSPS) is 39.5. The number of rotatable bonds is 4. The fourth-order valence-electron chi connectivity index (χ4n) is 6.24. The van der Waals surface area contributed by atoms with E-state index in [1.807, 2.05) is 6.08 Å². The Bertz CT molecular complexity index is 690. The zero-order chi connectivity index (χ0) is 16.9. The maximum atomic E-state index is 12.2. The van der Waals surface area contributed by atoms with Crippen LogP contribution < -0.4 is 0 Å². The molecule has 0 N–H and O–H groups in total. The average molecular weight is 322 g/mol. The molecule has 0 amide bonds. The predicted octanol–water partition coefficient (Wildman–Crippen LogP) is 4.90. The van der Waals surface area contributed by atoms with Gasteiger partial charge in [-0.1, -0.05) is 43.5 Å². The van der Waals surface area contributed by atoms with E-state index < -0.39 is 5.60 Å². The zero-order valence-corrected chi connectivity index (χ0v) is 14.5. The van der Waals surface area contributed by atoms with Crippen LogP contribution in [0.3, 0.4) is 0 Å². The Morgan fingerprint density at radius 3 is 2.46 bits per heavy atom. The second kappa shape index (κ2) is 5.34. The number of benzene rings is 1. The van der Waals surface area contributed by atoms with Gasteiger partial charge in [0, 0.05) is 11.5 Å². The van der Waals surface area contributed by atoms with E-state index in [0.29, 0.717) is 5.92 Å². The van der Waals surface area contributed by atoms with Gasteiger partial charge in [-0.25, -0.2) is 4.79 Å². The lowest BCUT2D eigenvalue weighted by Gasteiger charge is -2.66. The molecule has 4 bridgehead atoms.